The highest BCUT2D eigenvalue weighted by Gasteiger charge is 2.22. The van der Waals surface area contributed by atoms with Crippen molar-refractivity contribution in [2.75, 3.05) is 53.6 Å². The number of aliphatic hydroxyl groups is 1. The van der Waals surface area contributed by atoms with Crippen LogP contribution in [0.15, 0.2) is 29.3 Å². The lowest BCUT2D eigenvalue weighted by atomic mass is 10.1. The van der Waals surface area contributed by atoms with Gasteiger partial charge < -0.3 is 29.5 Å². The van der Waals surface area contributed by atoms with E-state index in [4.69, 9.17) is 14.2 Å². The fourth-order valence-electron chi connectivity index (χ4n) is 3.24. The van der Waals surface area contributed by atoms with Crippen molar-refractivity contribution in [2.45, 2.75) is 38.4 Å². The highest BCUT2D eigenvalue weighted by Crippen LogP contribution is 2.20. The molecule has 1 unspecified atom stereocenters. The van der Waals surface area contributed by atoms with Crippen molar-refractivity contribution in [3.63, 3.8) is 0 Å². The number of aliphatic hydroxyl groups excluding tert-OH is 1. The Kier molecular flexibility index (Phi) is 13.2. The number of rotatable bonds is 10. The molecule has 1 aliphatic rings. The summed E-state index contributed by atoms with van der Waals surface area (Å²) >= 11 is 0. The molecular formula is C21H36IN3O4. The lowest BCUT2D eigenvalue weighted by Gasteiger charge is -2.34. The number of piperidine rings is 1. The number of likely N-dealkylation sites (tertiary alicyclic amines) is 1. The molecule has 0 bridgehead atoms. The van der Waals surface area contributed by atoms with Crippen LogP contribution in [0.2, 0.25) is 0 Å². The largest absolute Gasteiger partial charge is 0.497 e. The van der Waals surface area contributed by atoms with Gasteiger partial charge in [0.15, 0.2) is 5.96 Å². The first kappa shape index (κ1) is 25.9. The van der Waals surface area contributed by atoms with Crippen LogP contribution in [0.4, 0.5) is 0 Å². The van der Waals surface area contributed by atoms with Gasteiger partial charge in [-0.2, -0.15) is 0 Å². The minimum absolute atomic E-state index is 0. The normalized spacial score (nSPS) is 16.3. The van der Waals surface area contributed by atoms with Crippen LogP contribution in [0.5, 0.6) is 5.75 Å². The lowest BCUT2D eigenvalue weighted by Crippen LogP contribution is -2.47. The number of hydrogen-bond donors (Lipinski definition) is 2. The molecule has 0 aromatic heterocycles. The molecule has 1 heterocycles. The Balaban J connectivity index is 0.00000420. The standard InChI is InChI=1S/C21H35N3O4.HI/c1-4-22-21(23-16-20(25)17-7-5-8-19(15-17)27-3)24-11-9-18(10-12-24)28-14-6-13-26-2;/h5,7-8,15,18,20,25H,4,6,9-14,16H2,1-3H3,(H,22,23);1H. The third-order valence-corrected chi connectivity index (χ3v) is 4.82. The number of aliphatic imine (C=N–C) groups is 1. The quantitative estimate of drug-likeness (QED) is 0.214. The molecule has 0 radical (unpaired) electrons. The van der Waals surface area contributed by atoms with Gasteiger partial charge in [0.25, 0.3) is 0 Å². The summed E-state index contributed by atoms with van der Waals surface area (Å²) in [6, 6.07) is 7.48. The fraction of sp³-hybridized carbons (Fsp3) is 0.667. The molecule has 1 atom stereocenters. The SMILES string of the molecule is CCNC(=NCC(O)c1cccc(OC)c1)N1CCC(OCCCOC)CC1.I. The van der Waals surface area contributed by atoms with E-state index in [0.29, 0.717) is 12.6 Å². The van der Waals surface area contributed by atoms with E-state index in [-0.39, 0.29) is 24.0 Å². The van der Waals surface area contributed by atoms with Gasteiger partial charge in [0.2, 0.25) is 0 Å². The van der Waals surface area contributed by atoms with Crippen molar-refractivity contribution in [1.82, 2.24) is 10.2 Å². The van der Waals surface area contributed by atoms with Crippen LogP contribution in [0.1, 0.15) is 37.9 Å². The summed E-state index contributed by atoms with van der Waals surface area (Å²) in [5.74, 6) is 1.59. The van der Waals surface area contributed by atoms with Gasteiger partial charge in [0.1, 0.15) is 5.75 Å². The molecule has 166 valence electrons. The van der Waals surface area contributed by atoms with Crippen molar-refractivity contribution in [3.8, 4) is 5.75 Å². The minimum atomic E-state index is -0.662. The van der Waals surface area contributed by atoms with Crippen LogP contribution >= 0.6 is 24.0 Å². The molecule has 1 aromatic rings. The monoisotopic (exact) mass is 521 g/mol. The molecule has 8 heteroatoms. The molecule has 1 saturated heterocycles. The summed E-state index contributed by atoms with van der Waals surface area (Å²) < 4.78 is 16.2. The van der Waals surface area contributed by atoms with E-state index in [1.54, 1.807) is 14.2 Å². The smallest absolute Gasteiger partial charge is 0.194 e. The van der Waals surface area contributed by atoms with Gasteiger partial charge in [0.05, 0.1) is 25.9 Å². The predicted octanol–water partition coefficient (Wildman–Crippen LogP) is 2.83. The zero-order valence-corrected chi connectivity index (χ0v) is 20.1. The Morgan fingerprint density at radius 2 is 2.03 bits per heavy atom. The number of hydrogen-bond acceptors (Lipinski definition) is 5. The average Bonchev–Trinajstić information content (AvgIpc) is 2.74. The minimum Gasteiger partial charge on any atom is -0.497 e. The number of nitrogens with zero attached hydrogens (tertiary/aromatic N) is 2. The summed E-state index contributed by atoms with van der Waals surface area (Å²) in [5.41, 5.74) is 0.808. The number of ether oxygens (including phenoxy) is 3. The van der Waals surface area contributed by atoms with Gasteiger partial charge in [-0.25, -0.2) is 0 Å². The summed E-state index contributed by atoms with van der Waals surface area (Å²) in [6.45, 7) is 6.45. The molecule has 2 N–H and O–H groups in total. The molecule has 0 amide bonds. The third-order valence-electron chi connectivity index (χ3n) is 4.82. The average molecular weight is 521 g/mol. The summed E-state index contributed by atoms with van der Waals surface area (Å²) in [6.07, 6.45) is 2.54. The Hall–Kier alpha value is -1.10. The van der Waals surface area contributed by atoms with Gasteiger partial charge >= 0.3 is 0 Å². The van der Waals surface area contributed by atoms with Crippen LogP contribution in [0.3, 0.4) is 0 Å². The van der Waals surface area contributed by atoms with Crippen molar-refractivity contribution >= 4 is 29.9 Å². The predicted molar refractivity (Wildman–Crippen MR) is 126 cm³/mol. The fourth-order valence-corrected chi connectivity index (χ4v) is 3.24. The van der Waals surface area contributed by atoms with Crippen LogP contribution in [0, 0.1) is 0 Å². The molecule has 0 saturated carbocycles. The second kappa shape index (κ2) is 14.8. The van der Waals surface area contributed by atoms with Crippen molar-refractivity contribution in [3.05, 3.63) is 29.8 Å². The van der Waals surface area contributed by atoms with Gasteiger partial charge in [-0.15, -0.1) is 24.0 Å². The number of benzene rings is 1. The van der Waals surface area contributed by atoms with Crippen LogP contribution in [0.25, 0.3) is 0 Å². The molecular weight excluding hydrogens is 485 g/mol. The van der Waals surface area contributed by atoms with Crippen molar-refractivity contribution in [1.29, 1.82) is 0 Å². The van der Waals surface area contributed by atoms with Gasteiger partial charge in [-0.3, -0.25) is 4.99 Å². The highest BCUT2D eigenvalue weighted by atomic mass is 127. The van der Waals surface area contributed by atoms with E-state index in [0.717, 1.165) is 69.4 Å². The third kappa shape index (κ3) is 9.06. The Bertz CT molecular complexity index is 595. The summed E-state index contributed by atoms with van der Waals surface area (Å²) in [4.78, 5) is 6.91. The number of nitrogens with one attached hydrogen (secondary N) is 1. The zero-order chi connectivity index (χ0) is 20.2. The summed E-state index contributed by atoms with van der Waals surface area (Å²) in [7, 11) is 3.34. The molecule has 0 aliphatic carbocycles. The van der Waals surface area contributed by atoms with Crippen LogP contribution < -0.4 is 10.1 Å². The molecule has 7 nitrogen and oxygen atoms in total. The van der Waals surface area contributed by atoms with Crippen LogP contribution in [-0.4, -0.2) is 75.7 Å². The Morgan fingerprint density at radius 1 is 1.28 bits per heavy atom. The van der Waals surface area contributed by atoms with Gasteiger partial charge in [-0.1, -0.05) is 12.1 Å². The molecule has 0 spiro atoms. The molecule has 1 aliphatic heterocycles. The molecule has 29 heavy (non-hydrogen) atoms. The van der Waals surface area contributed by atoms with E-state index in [2.05, 4.69) is 22.1 Å². The maximum Gasteiger partial charge on any atom is 0.194 e. The lowest BCUT2D eigenvalue weighted by molar-refractivity contribution is 0.00986. The van der Waals surface area contributed by atoms with Crippen molar-refractivity contribution < 1.29 is 19.3 Å². The van der Waals surface area contributed by atoms with E-state index < -0.39 is 6.10 Å². The topological polar surface area (TPSA) is 75.6 Å². The van der Waals surface area contributed by atoms with Crippen LogP contribution in [-0.2, 0) is 9.47 Å². The van der Waals surface area contributed by atoms with Crippen molar-refractivity contribution in [2.24, 2.45) is 4.99 Å². The van der Waals surface area contributed by atoms with Gasteiger partial charge in [0, 0.05) is 40.0 Å². The second-order valence-corrected chi connectivity index (χ2v) is 6.89. The first-order valence-corrected chi connectivity index (χ1v) is 10.1. The van der Waals surface area contributed by atoms with E-state index in [1.165, 1.54) is 0 Å². The number of methoxy groups -OCH3 is 2. The second-order valence-electron chi connectivity index (χ2n) is 6.89. The van der Waals surface area contributed by atoms with E-state index in [1.807, 2.05) is 24.3 Å². The maximum absolute atomic E-state index is 10.5. The maximum atomic E-state index is 10.5. The Labute approximate surface area is 191 Å². The zero-order valence-electron chi connectivity index (χ0n) is 17.8. The van der Waals surface area contributed by atoms with E-state index >= 15 is 0 Å². The number of halogens is 1. The Morgan fingerprint density at radius 3 is 2.69 bits per heavy atom. The molecule has 2 rings (SSSR count). The van der Waals surface area contributed by atoms with Gasteiger partial charge in [-0.05, 0) is 43.9 Å². The molecule has 1 fully saturated rings. The first-order valence-electron chi connectivity index (χ1n) is 10.1. The highest BCUT2D eigenvalue weighted by molar-refractivity contribution is 14.0. The summed E-state index contributed by atoms with van der Waals surface area (Å²) in [5, 5.41) is 13.8. The van der Waals surface area contributed by atoms with E-state index in [9.17, 15) is 5.11 Å². The first-order chi connectivity index (χ1) is 13.7. The molecule has 1 aromatic carbocycles. The number of guanidine groups is 1.